The second-order valence-corrected chi connectivity index (χ2v) is 13.6. The molecule has 2 aliphatic rings. The van der Waals surface area contributed by atoms with E-state index in [4.69, 9.17) is 4.74 Å². The molecule has 2 aliphatic heterocycles. The Morgan fingerprint density at radius 2 is 1.47 bits per heavy atom. The number of fused-ring (bicyclic) bond motifs is 2. The van der Waals surface area contributed by atoms with Crippen LogP contribution in [0.1, 0.15) is 96.3 Å². The molecule has 0 aliphatic carbocycles. The highest BCUT2D eigenvalue weighted by Crippen LogP contribution is 2.25. The van der Waals surface area contributed by atoms with Crippen LogP contribution in [0.5, 0.6) is 5.75 Å². The fourth-order valence-corrected chi connectivity index (χ4v) is 6.35. The van der Waals surface area contributed by atoms with Crippen molar-refractivity contribution in [1.29, 1.82) is 0 Å². The molecule has 0 aromatic heterocycles. The number of hydrogen-bond acceptors (Lipinski definition) is 7. The zero-order valence-electron chi connectivity index (χ0n) is 28.9. The Balaban J connectivity index is 1.92. The van der Waals surface area contributed by atoms with Crippen LogP contribution in [0.4, 0.5) is 0 Å². The Hall–Kier alpha value is -3.67. The molecular formula is C35H55N5O7. The van der Waals surface area contributed by atoms with E-state index in [9.17, 15) is 29.1 Å². The molecule has 0 unspecified atom stereocenters. The van der Waals surface area contributed by atoms with Crippen LogP contribution in [-0.2, 0) is 19.2 Å². The lowest BCUT2D eigenvalue weighted by atomic mass is 9.99. The van der Waals surface area contributed by atoms with E-state index in [1.807, 2.05) is 27.7 Å². The van der Waals surface area contributed by atoms with Gasteiger partial charge in [-0.25, -0.2) is 0 Å². The predicted octanol–water partition coefficient (Wildman–Crippen LogP) is 2.63. The van der Waals surface area contributed by atoms with E-state index in [0.717, 1.165) is 38.5 Å². The molecule has 0 radical (unpaired) electrons. The van der Waals surface area contributed by atoms with Gasteiger partial charge in [-0.2, -0.15) is 0 Å². The Labute approximate surface area is 279 Å². The number of rotatable bonds is 3. The first kappa shape index (κ1) is 37.8. The highest BCUT2D eigenvalue weighted by molar-refractivity contribution is 6.00. The third-order valence-electron chi connectivity index (χ3n) is 8.83. The summed E-state index contributed by atoms with van der Waals surface area (Å²) in [6, 6.07) is 3.80. The number of nitrogens with zero attached hydrogens (tertiary/aromatic N) is 2. The smallest absolute Gasteiger partial charge is 0.260 e. The molecule has 3 rings (SSSR count). The number of likely N-dealkylation sites (N-methyl/N-ethyl adjacent to an activating group) is 1. The highest BCUT2D eigenvalue weighted by Gasteiger charge is 2.44. The maximum absolute atomic E-state index is 14.1. The van der Waals surface area contributed by atoms with Crippen LogP contribution in [0, 0.1) is 11.8 Å². The number of hydrogen-bond donors (Lipinski definition) is 4. The number of para-hydroxylation sites is 1. The fraction of sp³-hybridized carbons (Fsp3) is 0.686. The minimum absolute atomic E-state index is 0.00822. The minimum Gasteiger partial charge on any atom is -0.480 e. The summed E-state index contributed by atoms with van der Waals surface area (Å²) in [7, 11) is 1.57. The Morgan fingerprint density at radius 1 is 0.872 bits per heavy atom. The molecule has 0 bridgehead atoms. The number of nitrogens with one attached hydrogen (secondary N) is 3. The standard InChI is InChI=1S/C35H55N5O7/c1-22(2)19-27-34(45)40-21-25(41)20-28(40)35(46)39(6)30(23(3)4)33(44)37-18-14-10-8-7-9-13-17-36-31(42)24(5)47-29-16-12-11-15-26(29)32(43)38-27/h11-12,15-16,22-25,27-28,30,41H,7-10,13-14,17-21H2,1-6H3,(H,36,42)(H,37,44)(H,38,43)/t24-,25-,27+,28+,30-/m0/s1. The van der Waals surface area contributed by atoms with Crippen molar-refractivity contribution < 1.29 is 33.8 Å². The van der Waals surface area contributed by atoms with Gasteiger partial charge in [0.25, 0.3) is 11.8 Å². The van der Waals surface area contributed by atoms with E-state index in [2.05, 4.69) is 16.0 Å². The van der Waals surface area contributed by atoms with E-state index >= 15 is 0 Å². The highest BCUT2D eigenvalue weighted by atomic mass is 16.5. The zero-order valence-corrected chi connectivity index (χ0v) is 28.9. The maximum atomic E-state index is 14.1. The summed E-state index contributed by atoms with van der Waals surface area (Å²) in [6.07, 6.45) is 4.06. The molecule has 1 fully saturated rings. The molecule has 262 valence electrons. The van der Waals surface area contributed by atoms with E-state index in [-0.39, 0.29) is 54.3 Å². The molecule has 12 nitrogen and oxygen atoms in total. The van der Waals surface area contributed by atoms with E-state index in [1.54, 1.807) is 38.2 Å². The normalized spacial score (nSPS) is 26.8. The molecule has 1 saturated heterocycles. The summed E-state index contributed by atoms with van der Waals surface area (Å²) in [6.45, 7) is 10.1. The number of amides is 5. The van der Waals surface area contributed by atoms with Crippen molar-refractivity contribution in [3.63, 3.8) is 0 Å². The Bertz CT molecular complexity index is 1240. The average Bonchev–Trinajstić information content (AvgIpc) is 3.41. The second kappa shape index (κ2) is 18.0. The lowest BCUT2D eigenvalue weighted by molar-refractivity contribution is -0.148. The summed E-state index contributed by atoms with van der Waals surface area (Å²) >= 11 is 0. The predicted molar refractivity (Wildman–Crippen MR) is 178 cm³/mol. The molecule has 5 atom stereocenters. The molecule has 1 aromatic rings. The number of carbonyl (C=O) groups excluding carboxylic acids is 5. The largest absolute Gasteiger partial charge is 0.480 e. The number of aliphatic hydroxyl groups is 1. The maximum Gasteiger partial charge on any atom is 0.260 e. The third-order valence-corrected chi connectivity index (χ3v) is 8.83. The first-order valence-corrected chi connectivity index (χ1v) is 17.2. The van der Waals surface area contributed by atoms with Gasteiger partial charge in [-0.1, -0.05) is 65.5 Å². The van der Waals surface area contributed by atoms with Crippen molar-refractivity contribution >= 4 is 29.5 Å². The van der Waals surface area contributed by atoms with Crippen molar-refractivity contribution in [2.75, 3.05) is 26.7 Å². The van der Waals surface area contributed by atoms with Gasteiger partial charge in [-0.3, -0.25) is 24.0 Å². The van der Waals surface area contributed by atoms with Crippen LogP contribution in [-0.4, -0.2) is 101 Å². The molecule has 1 aromatic carbocycles. The van der Waals surface area contributed by atoms with Gasteiger partial charge in [-0.05, 0) is 50.2 Å². The number of ether oxygens (including phenoxy) is 1. The zero-order chi connectivity index (χ0) is 34.7. The summed E-state index contributed by atoms with van der Waals surface area (Å²) in [5.74, 6) is -2.01. The van der Waals surface area contributed by atoms with Crippen LogP contribution in [0.2, 0.25) is 0 Å². The van der Waals surface area contributed by atoms with Gasteiger partial charge in [0, 0.05) is 33.1 Å². The van der Waals surface area contributed by atoms with Crippen LogP contribution < -0.4 is 20.7 Å². The van der Waals surface area contributed by atoms with Crippen molar-refractivity contribution in [3.05, 3.63) is 29.8 Å². The van der Waals surface area contributed by atoms with Crippen molar-refractivity contribution in [2.24, 2.45) is 11.8 Å². The lowest BCUT2D eigenvalue weighted by Crippen LogP contribution is -2.57. The van der Waals surface area contributed by atoms with Crippen LogP contribution in [0.15, 0.2) is 24.3 Å². The summed E-state index contributed by atoms with van der Waals surface area (Å²) in [4.78, 5) is 70.5. The summed E-state index contributed by atoms with van der Waals surface area (Å²) in [5.41, 5.74) is 0.166. The monoisotopic (exact) mass is 657 g/mol. The van der Waals surface area contributed by atoms with Crippen molar-refractivity contribution in [3.8, 4) is 5.75 Å². The van der Waals surface area contributed by atoms with Gasteiger partial charge in [0.05, 0.1) is 11.7 Å². The fourth-order valence-electron chi connectivity index (χ4n) is 6.35. The van der Waals surface area contributed by atoms with Crippen LogP contribution in [0.3, 0.4) is 0 Å². The van der Waals surface area contributed by atoms with Crippen LogP contribution >= 0.6 is 0 Å². The minimum atomic E-state index is -0.999. The van der Waals surface area contributed by atoms with Gasteiger partial charge < -0.3 is 35.6 Å². The van der Waals surface area contributed by atoms with Gasteiger partial charge in [0.15, 0.2) is 6.10 Å². The first-order valence-electron chi connectivity index (χ1n) is 17.2. The van der Waals surface area contributed by atoms with Crippen LogP contribution in [0.25, 0.3) is 0 Å². The Morgan fingerprint density at radius 3 is 2.09 bits per heavy atom. The van der Waals surface area contributed by atoms with Gasteiger partial charge in [0.2, 0.25) is 17.7 Å². The van der Waals surface area contributed by atoms with E-state index in [0.29, 0.717) is 13.1 Å². The molecule has 4 N–H and O–H groups in total. The van der Waals surface area contributed by atoms with Gasteiger partial charge in [0.1, 0.15) is 23.9 Å². The molecule has 5 amide bonds. The third kappa shape index (κ3) is 10.7. The van der Waals surface area contributed by atoms with E-state index in [1.165, 1.54) is 9.80 Å². The topological polar surface area (TPSA) is 157 Å². The molecule has 12 heteroatoms. The molecule has 0 spiro atoms. The number of benzene rings is 1. The quantitative estimate of drug-likeness (QED) is 0.389. The van der Waals surface area contributed by atoms with Crippen molar-refractivity contribution in [1.82, 2.24) is 25.8 Å². The summed E-state index contributed by atoms with van der Waals surface area (Å²) < 4.78 is 5.93. The summed E-state index contributed by atoms with van der Waals surface area (Å²) in [5, 5.41) is 19.4. The van der Waals surface area contributed by atoms with Gasteiger partial charge in [-0.15, -0.1) is 0 Å². The number of aliphatic hydroxyl groups excluding tert-OH is 1. The molecular weight excluding hydrogens is 602 g/mol. The average molecular weight is 658 g/mol. The number of carbonyl (C=O) groups is 5. The van der Waals surface area contributed by atoms with Crippen molar-refractivity contribution in [2.45, 2.75) is 116 Å². The molecule has 47 heavy (non-hydrogen) atoms. The molecule has 0 saturated carbocycles. The lowest BCUT2D eigenvalue weighted by Gasteiger charge is -2.35. The van der Waals surface area contributed by atoms with Gasteiger partial charge >= 0.3 is 0 Å². The molecule has 2 heterocycles. The second-order valence-electron chi connectivity index (χ2n) is 13.6. The Kier molecular flexibility index (Phi) is 14.5. The van der Waals surface area contributed by atoms with E-state index < -0.39 is 48.1 Å². The first-order chi connectivity index (χ1) is 22.3. The SMILES string of the molecule is CC(C)C[C@H]1NC(=O)c2ccccc2O[C@@H](C)C(=O)NCCCCCCCCNC(=O)[C@H](C(C)C)N(C)C(=O)[C@H]2C[C@H](O)CN2C1=O.